The molecule has 1 unspecified atom stereocenters. The maximum Gasteiger partial charge on any atom is 0.501 e. The lowest BCUT2D eigenvalue weighted by Crippen LogP contribution is -2.46. The second kappa shape index (κ2) is 22.1. The van der Waals surface area contributed by atoms with E-state index in [1.807, 2.05) is 20.8 Å². The standard InChI is InChI=1S/C24H54N4O5Si/c1-4-31-34(32-5-2,33-6-3)21-11-20-30-23-24(29)22-28-18-9-16-26-14-7-12-25-13-8-15-27-17-10-19-28/h24-27,29H,4-23H2,1-3H3. The summed E-state index contributed by atoms with van der Waals surface area (Å²) in [7, 11) is -2.61. The fourth-order valence-electron chi connectivity index (χ4n) is 4.16. The van der Waals surface area contributed by atoms with E-state index >= 15 is 0 Å². The highest BCUT2D eigenvalue weighted by atomic mass is 28.4. The summed E-state index contributed by atoms with van der Waals surface area (Å²) in [6.45, 7) is 17.6. The Morgan fingerprint density at radius 1 is 0.765 bits per heavy atom. The van der Waals surface area contributed by atoms with Gasteiger partial charge in [-0.05, 0) is 105 Å². The van der Waals surface area contributed by atoms with E-state index in [1.54, 1.807) is 0 Å². The molecule has 4 N–H and O–H groups in total. The van der Waals surface area contributed by atoms with Gasteiger partial charge in [-0.15, -0.1) is 0 Å². The van der Waals surface area contributed by atoms with Crippen LogP contribution in [0.25, 0.3) is 0 Å². The fourth-order valence-corrected chi connectivity index (χ4v) is 6.74. The van der Waals surface area contributed by atoms with E-state index in [2.05, 4.69) is 20.9 Å². The third-order valence-electron chi connectivity index (χ3n) is 5.71. The number of nitrogens with zero attached hydrogens (tertiary/aromatic N) is 1. The molecule has 0 amide bonds. The third kappa shape index (κ3) is 16.5. The van der Waals surface area contributed by atoms with Gasteiger partial charge in [0.05, 0.1) is 12.7 Å². The Bertz CT molecular complexity index is 421. The molecule has 9 nitrogen and oxygen atoms in total. The summed E-state index contributed by atoms with van der Waals surface area (Å²) in [6, 6.07) is 0.737. The maximum absolute atomic E-state index is 10.6. The van der Waals surface area contributed by atoms with Gasteiger partial charge in [0.2, 0.25) is 0 Å². The van der Waals surface area contributed by atoms with Crippen molar-refractivity contribution in [1.82, 2.24) is 20.9 Å². The summed E-state index contributed by atoms with van der Waals surface area (Å²) in [5.41, 5.74) is 0. The quantitative estimate of drug-likeness (QED) is 0.206. The summed E-state index contributed by atoms with van der Waals surface area (Å²) in [5, 5.41) is 21.2. The molecule has 0 aromatic heterocycles. The minimum atomic E-state index is -2.61. The van der Waals surface area contributed by atoms with E-state index in [9.17, 15) is 5.11 Å². The molecule has 1 aliphatic rings. The zero-order valence-corrected chi connectivity index (χ0v) is 23.2. The van der Waals surface area contributed by atoms with Crippen molar-refractivity contribution in [2.24, 2.45) is 0 Å². The molecule has 1 atom stereocenters. The highest BCUT2D eigenvalue weighted by Crippen LogP contribution is 2.18. The molecule has 34 heavy (non-hydrogen) atoms. The molecule has 0 radical (unpaired) electrons. The molecule has 1 saturated heterocycles. The van der Waals surface area contributed by atoms with Crippen molar-refractivity contribution in [3.05, 3.63) is 0 Å². The minimum Gasteiger partial charge on any atom is -0.389 e. The van der Waals surface area contributed by atoms with Crippen LogP contribution in [0.1, 0.15) is 52.9 Å². The van der Waals surface area contributed by atoms with Crippen LogP contribution in [-0.2, 0) is 18.0 Å². The fraction of sp³-hybridized carbons (Fsp3) is 1.00. The second-order valence-electron chi connectivity index (χ2n) is 8.78. The molecule has 0 aromatic carbocycles. The summed E-state index contributed by atoms with van der Waals surface area (Å²) in [4.78, 5) is 2.38. The van der Waals surface area contributed by atoms with Crippen molar-refractivity contribution < 1.29 is 23.1 Å². The highest BCUT2D eigenvalue weighted by Gasteiger charge is 2.39. The average molecular weight is 507 g/mol. The van der Waals surface area contributed by atoms with Gasteiger partial charge in [0.25, 0.3) is 0 Å². The first-order valence-electron chi connectivity index (χ1n) is 13.7. The highest BCUT2D eigenvalue weighted by molar-refractivity contribution is 6.60. The van der Waals surface area contributed by atoms with Gasteiger partial charge in [-0.25, -0.2) is 0 Å². The zero-order chi connectivity index (χ0) is 24.7. The van der Waals surface area contributed by atoms with Crippen LogP contribution in [0.3, 0.4) is 0 Å². The van der Waals surface area contributed by atoms with Crippen LogP contribution >= 0.6 is 0 Å². The summed E-state index contributed by atoms with van der Waals surface area (Å²) < 4.78 is 23.5. The van der Waals surface area contributed by atoms with Gasteiger partial charge >= 0.3 is 8.80 Å². The Morgan fingerprint density at radius 3 is 1.71 bits per heavy atom. The molecule has 1 heterocycles. The van der Waals surface area contributed by atoms with E-state index in [-0.39, 0.29) is 0 Å². The minimum absolute atomic E-state index is 0.354. The van der Waals surface area contributed by atoms with E-state index < -0.39 is 14.9 Å². The molecule has 0 aliphatic carbocycles. The van der Waals surface area contributed by atoms with Gasteiger partial charge in [0.15, 0.2) is 0 Å². The molecule has 10 heteroatoms. The van der Waals surface area contributed by atoms with Crippen LogP contribution in [0.15, 0.2) is 0 Å². The monoisotopic (exact) mass is 506 g/mol. The van der Waals surface area contributed by atoms with Gasteiger partial charge in [-0.1, -0.05) is 0 Å². The van der Waals surface area contributed by atoms with Gasteiger partial charge in [0.1, 0.15) is 0 Å². The van der Waals surface area contributed by atoms with Gasteiger partial charge < -0.3 is 44.0 Å². The molecular formula is C24H54N4O5Si. The molecule has 1 rings (SSSR count). The molecular weight excluding hydrogens is 452 g/mol. The zero-order valence-electron chi connectivity index (χ0n) is 22.2. The van der Waals surface area contributed by atoms with E-state index in [1.165, 1.54) is 0 Å². The van der Waals surface area contributed by atoms with E-state index in [4.69, 9.17) is 18.0 Å². The molecule has 0 bridgehead atoms. The molecule has 0 spiro atoms. The van der Waals surface area contributed by atoms with Crippen molar-refractivity contribution in [3.8, 4) is 0 Å². The van der Waals surface area contributed by atoms with Crippen LogP contribution in [0.5, 0.6) is 0 Å². The number of hydrogen-bond acceptors (Lipinski definition) is 9. The van der Waals surface area contributed by atoms with Gasteiger partial charge in [-0.3, -0.25) is 0 Å². The van der Waals surface area contributed by atoms with E-state index in [0.29, 0.717) is 39.6 Å². The van der Waals surface area contributed by atoms with Crippen molar-refractivity contribution >= 4 is 8.80 Å². The normalized spacial score (nSPS) is 19.8. The van der Waals surface area contributed by atoms with Crippen molar-refractivity contribution in [3.63, 3.8) is 0 Å². The van der Waals surface area contributed by atoms with Crippen molar-refractivity contribution in [1.29, 1.82) is 0 Å². The van der Waals surface area contributed by atoms with Crippen LogP contribution in [0, 0.1) is 0 Å². The van der Waals surface area contributed by atoms with E-state index in [0.717, 1.165) is 90.5 Å². The van der Waals surface area contributed by atoms with Gasteiger partial charge in [0, 0.05) is 39.0 Å². The first kappa shape index (κ1) is 31.9. The first-order chi connectivity index (χ1) is 16.7. The van der Waals surface area contributed by atoms with Crippen LogP contribution in [0.4, 0.5) is 0 Å². The Labute approximate surface area is 210 Å². The summed E-state index contributed by atoms with van der Waals surface area (Å²) in [5.74, 6) is 0. The lowest BCUT2D eigenvalue weighted by atomic mass is 10.2. The first-order valence-corrected chi connectivity index (χ1v) is 15.6. The number of aliphatic hydroxyl groups excluding tert-OH is 1. The number of hydrogen-bond donors (Lipinski definition) is 4. The molecule has 1 fully saturated rings. The topological polar surface area (TPSA) is 96.5 Å². The summed E-state index contributed by atoms with van der Waals surface area (Å²) >= 11 is 0. The Kier molecular flexibility index (Phi) is 20.7. The predicted octanol–water partition coefficient (Wildman–Crippen LogP) is 1.45. The number of nitrogens with one attached hydrogen (secondary N) is 3. The molecule has 0 aromatic rings. The number of ether oxygens (including phenoxy) is 1. The smallest absolute Gasteiger partial charge is 0.389 e. The van der Waals surface area contributed by atoms with Crippen LogP contribution in [-0.4, -0.2) is 117 Å². The largest absolute Gasteiger partial charge is 0.501 e. The number of aliphatic hydroxyl groups is 1. The lowest BCUT2D eigenvalue weighted by Gasteiger charge is -2.28. The third-order valence-corrected chi connectivity index (χ3v) is 8.87. The maximum atomic E-state index is 10.6. The Balaban J connectivity index is 2.33. The van der Waals surface area contributed by atoms with Gasteiger partial charge in [-0.2, -0.15) is 0 Å². The van der Waals surface area contributed by atoms with Crippen LogP contribution < -0.4 is 16.0 Å². The summed E-state index contributed by atoms with van der Waals surface area (Å²) in [6.07, 6.45) is 4.83. The molecule has 1 aliphatic heterocycles. The molecule has 204 valence electrons. The Morgan fingerprint density at radius 2 is 1.24 bits per heavy atom. The van der Waals surface area contributed by atoms with Crippen molar-refractivity contribution in [2.75, 3.05) is 91.9 Å². The van der Waals surface area contributed by atoms with Crippen LogP contribution in [0.2, 0.25) is 6.04 Å². The lowest BCUT2D eigenvalue weighted by molar-refractivity contribution is 0.0142. The average Bonchev–Trinajstić information content (AvgIpc) is 2.80. The predicted molar refractivity (Wildman–Crippen MR) is 140 cm³/mol. The molecule has 0 saturated carbocycles. The SMILES string of the molecule is CCO[Si](CCCOCC(O)CN1CCCNCCCNCCCNCCC1)(OCC)OCC. The number of β-amino-alcohol motifs (C(OH)–C–C–N with tert-alkyl or cyclic N) is 1. The number of rotatable bonds is 14. The van der Waals surface area contributed by atoms with Crippen molar-refractivity contribution in [2.45, 2.75) is 65.0 Å². The second-order valence-corrected chi connectivity index (χ2v) is 11.5. The Hall–Kier alpha value is -0.143.